The summed E-state index contributed by atoms with van der Waals surface area (Å²) in [6, 6.07) is 10.9. The molecule has 0 atom stereocenters. The predicted octanol–water partition coefficient (Wildman–Crippen LogP) is 4.03. The molecule has 206 valence electrons. The molecule has 1 aliphatic heterocycles. The molecular weight excluding hydrogens is 512 g/mol. The third kappa shape index (κ3) is 6.19. The molecule has 3 aromatic heterocycles. The number of benzene rings is 1. The van der Waals surface area contributed by atoms with E-state index in [-0.39, 0.29) is 5.88 Å². The van der Waals surface area contributed by atoms with Crippen molar-refractivity contribution in [3.05, 3.63) is 65.6 Å². The van der Waals surface area contributed by atoms with E-state index in [0.717, 1.165) is 68.3 Å². The summed E-state index contributed by atoms with van der Waals surface area (Å²) >= 11 is 0. The monoisotopic (exact) mass is 542 g/mol. The van der Waals surface area contributed by atoms with E-state index in [2.05, 4.69) is 48.1 Å². The minimum absolute atomic E-state index is 0.264. The molecule has 6 rings (SSSR count). The van der Waals surface area contributed by atoms with Gasteiger partial charge in [0.05, 0.1) is 36.5 Å². The number of pyridine rings is 1. The maximum Gasteiger partial charge on any atom is 0.326 e. The maximum absolute atomic E-state index is 12.2. The summed E-state index contributed by atoms with van der Waals surface area (Å²) in [7, 11) is 0. The summed E-state index contributed by atoms with van der Waals surface area (Å²) in [5, 5.41) is 12.2. The zero-order valence-corrected chi connectivity index (χ0v) is 22.1. The molecule has 40 heavy (non-hydrogen) atoms. The van der Waals surface area contributed by atoms with Crippen molar-refractivity contribution in [2.24, 2.45) is 0 Å². The molecule has 4 heterocycles. The van der Waals surface area contributed by atoms with E-state index in [4.69, 9.17) is 19.0 Å². The smallest absolute Gasteiger partial charge is 0.326 e. The van der Waals surface area contributed by atoms with Crippen LogP contribution in [-0.2, 0) is 17.6 Å². The highest BCUT2D eigenvalue weighted by Crippen LogP contribution is 2.34. The minimum atomic E-state index is -0.457. The van der Waals surface area contributed by atoms with Crippen LogP contribution in [0, 0.1) is 6.92 Å². The van der Waals surface area contributed by atoms with Gasteiger partial charge < -0.3 is 24.6 Å². The molecule has 1 aromatic carbocycles. The fourth-order valence-corrected chi connectivity index (χ4v) is 4.72. The molecule has 2 amide bonds. The summed E-state index contributed by atoms with van der Waals surface area (Å²) in [4.78, 5) is 28.2. The quantitative estimate of drug-likeness (QED) is 0.299. The highest BCUT2D eigenvalue weighted by Gasteiger charge is 2.20. The van der Waals surface area contributed by atoms with Crippen molar-refractivity contribution in [3.8, 4) is 17.0 Å². The number of carbonyl (C=O) groups is 1. The molecule has 1 saturated heterocycles. The number of morpholine rings is 1. The molecule has 1 aliphatic carbocycles. The number of carbonyl (C=O) groups excluding carboxylic acids is 1. The SMILES string of the molecule is Cc1cc(NC(=O)Nc2ccc(Nc3ncc4c(n3)-c3ccc(OCCN5CCOCC5)cc3CC4)nc2)on1. The average molecular weight is 543 g/mol. The van der Waals surface area contributed by atoms with Crippen molar-refractivity contribution >= 4 is 29.4 Å². The molecule has 1 fully saturated rings. The lowest BCUT2D eigenvalue weighted by Crippen LogP contribution is -2.38. The van der Waals surface area contributed by atoms with Crippen LogP contribution < -0.4 is 20.7 Å². The Balaban J connectivity index is 1.07. The van der Waals surface area contributed by atoms with Crippen LogP contribution in [-0.4, -0.2) is 70.5 Å². The molecule has 0 spiro atoms. The largest absolute Gasteiger partial charge is 0.492 e. The Morgan fingerprint density at radius 2 is 1.90 bits per heavy atom. The number of rotatable bonds is 8. The van der Waals surface area contributed by atoms with Crippen molar-refractivity contribution in [1.82, 2.24) is 25.0 Å². The van der Waals surface area contributed by atoms with Gasteiger partial charge in [-0.3, -0.25) is 10.2 Å². The second-order valence-corrected chi connectivity index (χ2v) is 9.66. The number of aromatic nitrogens is 4. The van der Waals surface area contributed by atoms with Crippen LogP contribution in [0.2, 0.25) is 0 Å². The molecule has 0 radical (unpaired) electrons. The van der Waals surface area contributed by atoms with Crippen molar-refractivity contribution < 1.29 is 18.8 Å². The number of amides is 2. The first kappa shape index (κ1) is 25.7. The standard InChI is InChI=1S/C28H30N8O4/c1-18-14-25(40-35-18)33-28(37)31-21-4-7-24(29-17-21)32-27-30-16-20-3-2-19-15-22(5-6-23(19)26(20)34-27)39-13-10-36-8-11-38-12-9-36/h4-7,14-17H,2-3,8-13H2,1H3,(H2,31,33,37)(H,29,30,32,34). The fourth-order valence-electron chi connectivity index (χ4n) is 4.72. The molecule has 3 N–H and O–H groups in total. The third-order valence-corrected chi connectivity index (χ3v) is 6.77. The van der Waals surface area contributed by atoms with E-state index >= 15 is 0 Å². The van der Waals surface area contributed by atoms with Gasteiger partial charge in [-0.15, -0.1) is 0 Å². The molecule has 12 heteroatoms. The van der Waals surface area contributed by atoms with E-state index in [1.165, 1.54) is 5.56 Å². The molecule has 0 bridgehead atoms. The molecule has 0 saturated carbocycles. The van der Waals surface area contributed by atoms with Crippen LogP contribution in [0.3, 0.4) is 0 Å². The van der Waals surface area contributed by atoms with Crippen LogP contribution >= 0.6 is 0 Å². The normalized spacial score (nSPS) is 14.6. The number of aryl methyl sites for hydroxylation is 3. The Bertz CT molecular complexity index is 1480. The van der Waals surface area contributed by atoms with Gasteiger partial charge in [-0.25, -0.2) is 19.7 Å². The number of anilines is 4. The second-order valence-electron chi connectivity index (χ2n) is 9.66. The van der Waals surface area contributed by atoms with Gasteiger partial charge in [-0.1, -0.05) is 5.16 Å². The van der Waals surface area contributed by atoms with Gasteiger partial charge in [0.1, 0.15) is 18.2 Å². The van der Waals surface area contributed by atoms with Crippen LogP contribution in [0.5, 0.6) is 5.75 Å². The predicted molar refractivity (Wildman–Crippen MR) is 149 cm³/mol. The number of ether oxygens (including phenoxy) is 2. The van der Waals surface area contributed by atoms with E-state index in [9.17, 15) is 4.79 Å². The van der Waals surface area contributed by atoms with Gasteiger partial charge in [-0.05, 0) is 61.2 Å². The molecule has 4 aromatic rings. The van der Waals surface area contributed by atoms with Gasteiger partial charge in [0.25, 0.3) is 0 Å². The maximum atomic E-state index is 12.2. The summed E-state index contributed by atoms with van der Waals surface area (Å²) in [6.07, 6.45) is 5.20. The zero-order valence-electron chi connectivity index (χ0n) is 22.1. The number of nitrogens with zero attached hydrogens (tertiary/aromatic N) is 5. The molecule has 2 aliphatic rings. The van der Waals surface area contributed by atoms with Crippen molar-refractivity contribution in [2.75, 3.05) is 55.4 Å². The Labute approximate surface area is 231 Å². The number of hydrogen-bond acceptors (Lipinski definition) is 10. The van der Waals surface area contributed by atoms with E-state index in [1.807, 2.05) is 12.3 Å². The topological polar surface area (TPSA) is 140 Å². The van der Waals surface area contributed by atoms with E-state index < -0.39 is 6.03 Å². The zero-order chi connectivity index (χ0) is 27.3. The first-order valence-corrected chi connectivity index (χ1v) is 13.3. The summed E-state index contributed by atoms with van der Waals surface area (Å²) in [5.41, 5.74) is 5.52. The fraction of sp³-hybridized carbons (Fsp3) is 0.321. The Morgan fingerprint density at radius 1 is 1.02 bits per heavy atom. The van der Waals surface area contributed by atoms with Gasteiger partial charge in [-0.2, -0.15) is 0 Å². The molecule has 0 unspecified atom stereocenters. The highest BCUT2D eigenvalue weighted by atomic mass is 16.5. The third-order valence-electron chi connectivity index (χ3n) is 6.77. The summed E-state index contributed by atoms with van der Waals surface area (Å²) in [6.45, 7) is 6.81. The minimum Gasteiger partial charge on any atom is -0.492 e. The Hall–Kier alpha value is -4.55. The lowest BCUT2D eigenvalue weighted by atomic mass is 9.90. The highest BCUT2D eigenvalue weighted by molar-refractivity contribution is 5.98. The Kier molecular flexibility index (Phi) is 7.51. The summed E-state index contributed by atoms with van der Waals surface area (Å²) in [5.74, 6) is 2.14. The Morgan fingerprint density at radius 3 is 2.70 bits per heavy atom. The van der Waals surface area contributed by atoms with E-state index in [1.54, 1.807) is 31.3 Å². The van der Waals surface area contributed by atoms with Crippen LogP contribution in [0.15, 0.2) is 53.3 Å². The number of urea groups is 1. The van der Waals surface area contributed by atoms with Crippen LogP contribution in [0.25, 0.3) is 11.3 Å². The van der Waals surface area contributed by atoms with Gasteiger partial charge in [0.15, 0.2) is 0 Å². The van der Waals surface area contributed by atoms with Crippen LogP contribution in [0.4, 0.5) is 28.1 Å². The summed E-state index contributed by atoms with van der Waals surface area (Å²) < 4.78 is 16.5. The van der Waals surface area contributed by atoms with Gasteiger partial charge >= 0.3 is 6.03 Å². The average Bonchev–Trinajstić information content (AvgIpc) is 3.38. The van der Waals surface area contributed by atoms with Crippen molar-refractivity contribution in [3.63, 3.8) is 0 Å². The molecular formula is C28H30N8O4. The lowest BCUT2D eigenvalue weighted by molar-refractivity contribution is 0.0322. The van der Waals surface area contributed by atoms with Gasteiger partial charge in [0, 0.05) is 37.5 Å². The number of nitrogens with one attached hydrogen (secondary N) is 3. The van der Waals surface area contributed by atoms with E-state index in [0.29, 0.717) is 29.8 Å². The van der Waals surface area contributed by atoms with Crippen molar-refractivity contribution in [1.29, 1.82) is 0 Å². The molecule has 12 nitrogen and oxygen atoms in total. The lowest BCUT2D eigenvalue weighted by Gasteiger charge is -2.26. The number of fused-ring (bicyclic) bond motifs is 3. The van der Waals surface area contributed by atoms with Gasteiger partial charge in [0.2, 0.25) is 11.8 Å². The first-order chi connectivity index (χ1) is 19.6. The van der Waals surface area contributed by atoms with Crippen LogP contribution in [0.1, 0.15) is 16.8 Å². The second kappa shape index (κ2) is 11.7. The number of hydrogen-bond donors (Lipinski definition) is 3. The van der Waals surface area contributed by atoms with Crippen molar-refractivity contribution in [2.45, 2.75) is 19.8 Å². The first-order valence-electron chi connectivity index (χ1n) is 13.3.